The lowest BCUT2D eigenvalue weighted by Gasteiger charge is -2.16. The number of sulfonamides is 1. The van der Waals surface area contributed by atoms with Crippen LogP contribution in [0.2, 0.25) is 0 Å². The molecule has 2 aromatic carbocycles. The fourth-order valence-electron chi connectivity index (χ4n) is 3.40. The average Bonchev–Trinajstić information content (AvgIpc) is 2.73. The Morgan fingerprint density at radius 2 is 1.69 bits per heavy atom. The van der Waals surface area contributed by atoms with Crippen LogP contribution in [0, 0.1) is 0 Å². The van der Waals surface area contributed by atoms with Crippen molar-refractivity contribution in [2.45, 2.75) is 37.0 Å². The van der Waals surface area contributed by atoms with E-state index < -0.39 is 10.0 Å². The van der Waals surface area contributed by atoms with Gasteiger partial charge in [-0.15, -0.1) is 0 Å². The van der Waals surface area contributed by atoms with Crippen LogP contribution in [0.3, 0.4) is 0 Å². The average molecular weight is 419 g/mol. The topological polar surface area (TPSA) is 93.7 Å². The Kier molecular flexibility index (Phi) is 6.76. The Morgan fingerprint density at radius 1 is 0.966 bits per heavy atom. The van der Waals surface area contributed by atoms with Crippen molar-refractivity contribution in [2.75, 3.05) is 26.1 Å². The number of anilines is 1. The van der Waals surface area contributed by atoms with Crippen molar-refractivity contribution in [3.05, 3.63) is 47.5 Å². The number of hydrogen-bond acceptors (Lipinski definition) is 5. The third-order valence-electron chi connectivity index (χ3n) is 4.94. The molecule has 0 spiro atoms. The van der Waals surface area contributed by atoms with Crippen LogP contribution < -0.4 is 19.5 Å². The van der Waals surface area contributed by atoms with Crippen molar-refractivity contribution < 1.29 is 22.7 Å². The normalized spacial score (nSPS) is 13.4. The van der Waals surface area contributed by atoms with Gasteiger partial charge in [-0.05, 0) is 61.1 Å². The molecule has 2 aromatic rings. The number of aryl methyl sites for hydroxylation is 2. The van der Waals surface area contributed by atoms with Crippen LogP contribution in [0.15, 0.2) is 41.3 Å². The number of methoxy groups -OCH3 is 2. The molecule has 1 amide bonds. The second-order valence-corrected chi connectivity index (χ2v) is 8.67. The first kappa shape index (κ1) is 21.1. The van der Waals surface area contributed by atoms with Gasteiger partial charge in [0.25, 0.3) is 0 Å². The van der Waals surface area contributed by atoms with Crippen molar-refractivity contribution in [3.63, 3.8) is 0 Å². The molecule has 0 atom stereocenters. The van der Waals surface area contributed by atoms with Gasteiger partial charge in [0.1, 0.15) is 0 Å². The van der Waals surface area contributed by atoms with Crippen LogP contribution in [0.5, 0.6) is 11.5 Å². The Hall–Kier alpha value is -2.58. The summed E-state index contributed by atoms with van der Waals surface area (Å²) in [5.74, 6) is 0.757. The summed E-state index contributed by atoms with van der Waals surface area (Å²) in [4.78, 5) is 12.4. The molecular formula is C21H26N2O5S. The van der Waals surface area contributed by atoms with E-state index >= 15 is 0 Å². The van der Waals surface area contributed by atoms with E-state index in [-0.39, 0.29) is 23.8 Å². The maximum atomic E-state index is 12.5. The van der Waals surface area contributed by atoms with Crippen LogP contribution in [-0.4, -0.2) is 35.1 Å². The van der Waals surface area contributed by atoms with Gasteiger partial charge in [-0.2, -0.15) is 0 Å². The SMILES string of the molecule is COc1ccc(NC(=O)CCNS(=O)(=O)c2ccc3c(c2)CCCC3)cc1OC. The fraction of sp³-hybridized carbons (Fsp3) is 0.381. The minimum absolute atomic E-state index is 0.0124. The number of amides is 1. The number of carbonyl (C=O) groups excluding carboxylic acids is 1. The quantitative estimate of drug-likeness (QED) is 0.688. The standard InChI is InChI=1S/C21H26N2O5S/c1-27-19-10-8-17(14-20(19)28-2)23-21(24)11-12-22-29(25,26)18-9-7-15-5-3-4-6-16(15)13-18/h7-10,13-14,22H,3-6,11-12H2,1-2H3,(H,23,24). The van der Waals surface area contributed by atoms with Gasteiger partial charge in [0.2, 0.25) is 15.9 Å². The lowest BCUT2D eigenvalue weighted by Crippen LogP contribution is -2.28. The zero-order valence-corrected chi connectivity index (χ0v) is 17.5. The van der Waals surface area contributed by atoms with Crippen LogP contribution in [0.1, 0.15) is 30.4 Å². The summed E-state index contributed by atoms with van der Waals surface area (Å²) < 4.78 is 37.9. The van der Waals surface area contributed by atoms with Gasteiger partial charge in [0.15, 0.2) is 11.5 Å². The van der Waals surface area contributed by atoms with Crippen molar-refractivity contribution >= 4 is 21.6 Å². The molecule has 0 heterocycles. The molecule has 0 aromatic heterocycles. The zero-order chi connectivity index (χ0) is 20.9. The van der Waals surface area contributed by atoms with Gasteiger partial charge in [0, 0.05) is 24.7 Å². The van der Waals surface area contributed by atoms with E-state index in [1.165, 1.54) is 19.8 Å². The number of nitrogens with one attached hydrogen (secondary N) is 2. The predicted molar refractivity (Wildman–Crippen MR) is 111 cm³/mol. The van der Waals surface area contributed by atoms with E-state index in [0.717, 1.165) is 31.2 Å². The third-order valence-corrected chi connectivity index (χ3v) is 6.40. The van der Waals surface area contributed by atoms with Crippen LogP contribution >= 0.6 is 0 Å². The van der Waals surface area contributed by atoms with Crippen molar-refractivity contribution in [3.8, 4) is 11.5 Å². The Labute approximate surface area is 171 Å². The van der Waals surface area contributed by atoms with Crippen molar-refractivity contribution in [1.82, 2.24) is 4.72 Å². The number of ether oxygens (including phenoxy) is 2. The smallest absolute Gasteiger partial charge is 0.240 e. The molecule has 0 aliphatic heterocycles. The second-order valence-electron chi connectivity index (χ2n) is 6.90. The summed E-state index contributed by atoms with van der Waals surface area (Å²) in [7, 11) is -0.603. The van der Waals surface area contributed by atoms with Crippen molar-refractivity contribution in [2.24, 2.45) is 0 Å². The van der Waals surface area contributed by atoms with Crippen LogP contribution in [0.25, 0.3) is 0 Å². The molecule has 2 N–H and O–H groups in total. The van der Waals surface area contributed by atoms with Gasteiger partial charge in [-0.25, -0.2) is 13.1 Å². The summed E-state index contributed by atoms with van der Waals surface area (Å²) in [5.41, 5.74) is 2.88. The Bertz CT molecular complexity index is 989. The number of benzene rings is 2. The van der Waals surface area contributed by atoms with Gasteiger partial charge >= 0.3 is 0 Å². The zero-order valence-electron chi connectivity index (χ0n) is 16.7. The molecule has 0 saturated heterocycles. The minimum atomic E-state index is -3.65. The van der Waals surface area contributed by atoms with E-state index in [1.807, 2.05) is 6.07 Å². The summed E-state index contributed by atoms with van der Waals surface area (Å²) in [5, 5.41) is 2.73. The molecule has 3 rings (SSSR count). The first-order valence-corrected chi connectivity index (χ1v) is 11.0. The van der Waals surface area contributed by atoms with Gasteiger partial charge in [-0.3, -0.25) is 4.79 Å². The third kappa shape index (κ3) is 5.27. The molecule has 0 bridgehead atoms. The molecule has 156 valence electrons. The van der Waals surface area contributed by atoms with Crippen LogP contribution in [-0.2, 0) is 27.7 Å². The summed E-state index contributed by atoms with van der Waals surface area (Å²) >= 11 is 0. The van der Waals surface area contributed by atoms with Gasteiger partial charge < -0.3 is 14.8 Å². The minimum Gasteiger partial charge on any atom is -0.493 e. The highest BCUT2D eigenvalue weighted by Gasteiger charge is 2.18. The maximum Gasteiger partial charge on any atom is 0.240 e. The molecule has 8 heteroatoms. The van der Waals surface area contributed by atoms with E-state index in [1.54, 1.807) is 30.3 Å². The number of hydrogen-bond donors (Lipinski definition) is 2. The molecule has 0 unspecified atom stereocenters. The molecule has 29 heavy (non-hydrogen) atoms. The molecule has 7 nitrogen and oxygen atoms in total. The Morgan fingerprint density at radius 3 is 2.41 bits per heavy atom. The lowest BCUT2D eigenvalue weighted by molar-refractivity contribution is -0.116. The summed E-state index contributed by atoms with van der Waals surface area (Å²) in [6.45, 7) is 0.0124. The van der Waals surface area contributed by atoms with E-state index in [0.29, 0.717) is 17.2 Å². The summed E-state index contributed by atoms with van der Waals surface area (Å²) in [6.07, 6.45) is 4.15. The van der Waals surface area contributed by atoms with E-state index in [9.17, 15) is 13.2 Å². The first-order chi connectivity index (χ1) is 13.9. The Balaban J connectivity index is 1.55. The molecular weight excluding hydrogens is 392 g/mol. The first-order valence-electron chi connectivity index (χ1n) is 9.56. The van der Waals surface area contributed by atoms with E-state index in [4.69, 9.17) is 9.47 Å². The van der Waals surface area contributed by atoms with E-state index in [2.05, 4.69) is 10.0 Å². The number of carbonyl (C=O) groups is 1. The highest BCUT2D eigenvalue weighted by Crippen LogP contribution is 2.29. The largest absolute Gasteiger partial charge is 0.493 e. The highest BCUT2D eigenvalue weighted by molar-refractivity contribution is 7.89. The monoisotopic (exact) mass is 418 g/mol. The molecule has 0 saturated carbocycles. The van der Waals surface area contributed by atoms with Crippen molar-refractivity contribution in [1.29, 1.82) is 0 Å². The molecule has 0 fully saturated rings. The molecule has 1 aliphatic carbocycles. The maximum absolute atomic E-state index is 12.5. The summed E-state index contributed by atoms with van der Waals surface area (Å²) in [6, 6.07) is 10.3. The lowest BCUT2D eigenvalue weighted by atomic mass is 9.92. The number of fused-ring (bicyclic) bond motifs is 1. The molecule has 1 aliphatic rings. The predicted octanol–water partition coefficient (Wildman–Crippen LogP) is 2.89. The second kappa shape index (κ2) is 9.28. The van der Waals surface area contributed by atoms with Crippen LogP contribution in [0.4, 0.5) is 5.69 Å². The fourth-order valence-corrected chi connectivity index (χ4v) is 4.48. The number of rotatable bonds is 8. The van der Waals surface area contributed by atoms with Gasteiger partial charge in [-0.1, -0.05) is 6.07 Å². The molecule has 0 radical (unpaired) electrons. The van der Waals surface area contributed by atoms with Gasteiger partial charge in [0.05, 0.1) is 19.1 Å². The highest BCUT2D eigenvalue weighted by atomic mass is 32.2.